The molecule has 0 aromatic carbocycles. The van der Waals surface area contributed by atoms with Gasteiger partial charge >= 0.3 is 0 Å². The zero-order valence-electron chi connectivity index (χ0n) is 11.7. The Kier molecular flexibility index (Phi) is 2.92. The number of fused-ring (bicyclic) bond motifs is 1. The highest BCUT2D eigenvalue weighted by Crippen LogP contribution is 2.45. The van der Waals surface area contributed by atoms with Gasteiger partial charge in [0.2, 0.25) is 11.8 Å². The molecule has 0 saturated carbocycles. The van der Waals surface area contributed by atoms with E-state index in [2.05, 4.69) is 26.5 Å². The van der Waals surface area contributed by atoms with Crippen molar-refractivity contribution in [2.45, 2.75) is 19.4 Å². The fourth-order valence-electron chi connectivity index (χ4n) is 3.17. The van der Waals surface area contributed by atoms with Crippen LogP contribution in [0.25, 0.3) is 0 Å². The van der Waals surface area contributed by atoms with Crippen LogP contribution < -0.4 is 15.8 Å². The number of hydrogen-bond acceptors (Lipinski definition) is 6. The van der Waals surface area contributed by atoms with Crippen LogP contribution in [-0.4, -0.2) is 41.3 Å². The topological polar surface area (TPSA) is 103 Å². The van der Waals surface area contributed by atoms with Crippen molar-refractivity contribution >= 4 is 0 Å². The number of ether oxygens (including phenoxy) is 1. The zero-order chi connectivity index (χ0) is 14.3. The van der Waals surface area contributed by atoms with Crippen molar-refractivity contribution in [1.29, 1.82) is 5.26 Å². The first-order valence-electron chi connectivity index (χ1n) is 6.68. The van der Waals surface area contributed by atoms with Gasteiger partial charge in [0.25, 0.3) is 0 Å². The number of rotatable bonds is 1. The SMILES string of the molecule is Cc1[nH]nc2c1C(C)(N1CCNCC1)C(C#N)=C(N)O2. The molecule has 1 aromatic heterocycles. The Labute approximate surface area is 117 Å². The summed E-state index contributed by atoms with van der Waals surface area (Å²) in [5, 5.41) is 19.9. The minimum absolute atomic E-state index is 0.146. The third-order valence-electron chi connectivity index (χ3n) is 4.20. The van der Waals surface area contributed by atoms with E-state index in [1.54, 1.807) is 0 Å². The van der Waals surface area contributed by atoms with E-state index >= 15 is 0 Å². The molecular weight excluding hydrogens is 256 g/mol. The third-order valence-corrected chi connectivity index (χ3v) is 4.20. The average Bonchev–Trinajstić information content (AvgIpc) is 2.82. The molecule has 1 atom stereocenters. The molecule has 1 aromatic rings. The van der Waals surface area contributed by atoms with Crippen LogP contribution in [0.15, 0.2) is 11.5 Å². The Balaban J connectivity index is 2.18. The van der Waals surface area contributed by atoms with Crippen molar-refractivity contribution in [2.24, 2.45) is 5.73 Å². The van der Waals surface area contributed by atoms with Crippen LogP contribution in [0.5, 0.6) is 5.88 Å². The van der Waals surface area contributed by atoms with Crippen LogP contribution in [0, 0.1) is 18.3 Å². The molecule has 1 saturated heterocycles. The van der Waals surface area contributed by atoms with E-state index < -0.39 is 5.54 Å². The number of nitrogens with one attached hydrogen (secondary N) is 2. The van der Waals surface area contributed by atoms with Gasteiger partial charge in [-0.15, -0.1) is 5.10 Å². The van der Waals surface area contributed by atoms with E-state index in [-0.39, 0.29) is 5.88 Å². The molecule has 4 N–H and O–H groups in total. The maximum atomic E-state index is 9.54. The van der Waals surface area contributed by atoms with E-state index in [9.17, 15) is 5.26 Å². The molecular formula is C13H18N6O. The lowest BCUT2D eigenvalue weighted by Crippen LogP contribution is -2.55. The van der Waals surface area contributed by atoms with Gasteiger partial charge in [-0.1, -0.05) is 0 Å². The van der Waals surface area contributed by atoms with Gasteiger partial charge in [-0.2, -0.15) is 5.26 Å². The second-order valence-electron chi connectivity index (χ2n) is 5.29. The van der Waals surface area contributed by atoms with E-state index in [0.717, 1.165) is 37.4 Å². The van der Waals surface area contributed by atoms with Gasteiger partial charge in [0.05, 0.1) is 11.1 Å². The Hall–Kier alpha value is -2.04. The summed E-state index contributed by atoms with van der Waals surface area (Å²) in [6.45, 7) is 7.43. The molecule has 0 amide bonds. The molecule has 7 nitrogen and oxygen atoms in total. The molecule has 3 heterocycles. The number of aromatic nitrogens is 2. The molecule has 1 fully saturated rings. The molecule has 3 rings (SSSR count). The molecule has 106 valence electrons. The molecule has 20 heavy (non-hydrogen) atoms. The highest BCUT2D eigenvalue weighted by molar-refractivity contribution is 5.52. The van der Waals surface area contributed by atoms with Gasteiger partial charge in [-0.25, -0.2) is 0 Å². The molecule has 2 aliphatic heterocycles. The lowest BCUT2D eigenvalue weighted by Gasteiger charge is -2.44. The van der Waals surface area contributed by atoms with Crippen molar-refractivity contribution in [3.63, 3.8) is 0 Å². The molecule has 0 bridgehead atoms. The standard InChI is InChI=1S/C13H18N6O/c1-8-10-12(18-17-8)20-11(15)9(7-14)13(10,2)19-5-3-16-4-6-19/h16H,3-6,15H2,1-2H3,(H,17,18). The number of aryl methyl sites for hydroxylation is 1. The van der Waals surface area contributed by atoms with E-state index in [1.165, 1.54) is 0 Å². The largest absolute Gasteiger partial charge is 0.420 e. The molecule has 0 aliphatic carbocycles. The molecule has 0 spiro atoms. The van der Waals surface area contributed by atoms with Gasteiger partial charge < -0.3 is 15.8 Å². The van der Waals surface area contributed by atoms with Gasteiger partial charge in [-0.05, 0) is 13.8 Å². The number of piperazine rings is 1. The van der Waals surface area contributed by atoms with Gasteiger partial charge in [0.15, 0.2) is 0 Å². The summed E-state index contributed by atoms with van der Waals surface area (Å²) in [5.74, 6) is 0.618. The fraction of sp³-hybridized carbons (Fsp3) is 0.538. The summed E-state index contributed by atoms with van der Waals surface area (Å²) >= 11 is 0. The number of nitrogens with two attached hydrogens (primary N) is 1. The Morgan fingerprint density at radius 3 is 2.80 bits per heavy atom. The zero-order valence-corrected chi connectivity index (χ0v) is 11.7. The molecule has 7 heteroatoms. The first-order chi connectivity index (χ1) is 9.59. The lowest BCUT2D eigenvalue weighted by molar-refractivity contribution is 0.107. The minimum atomic E-state index is -0.592. The lowest BCUT2D eigenvalue weighted by atomic mass is 9.81. The third kappa shape index (κ3) is 1.62. The van der Waals surface area contributed by atoms with E-state index in [4.69, 9.17) is 10.5 Å². The predicted octanol–water partition coefficient (Wildman–Crippen LogP) is -0.0752. The monoisotopic (exact) mass is 274 g/mol. The number of H-pyrrole nitrogens is 1. The van der Waals surface area contributed by atoms with Crippen LogP contribution in [0.2, 0.25) is 0 Å². The summed E-state index contributed by atoms with van der Waals surface area (Å²) in [5.41, 5.74) is 7.61. The van der Waals surface area contributed by atoms with Crippen LogP contribution in [0.3, 0.4) is 0 Å². The number of aromatic amines is 1. The van der Waals surface area contributed by atoms with Gasteiger partial charge in [-0.3, -0.25) is 10.00 Å². The average molecular weight is 274 g/mol. The molecule has 0 radical (unpaired) electrons. The van der Waals surface area contributed by atoms with Gasteiger partial charge in [0.1, 0.15) is 11.6 Å². The quantitative estimate of drug-likeness (QED) is 0.662. The smallest absolute Gasteiger partial charge is 0.245 e. The van der Waals surface area contributed by atoms with Crippen molar-refractivity contribution in [1.82, 2.24) is 20.4 Å². The maximum Gasteiger partial charge on any atom is 0.245 e. The van der Waals surface area contributed by atoms with Crippen LogP contribution in [0.1, 0.15) is 18.2 Å². The van der Waals surface area contributed by atoms with Crippen LogP contribution in [0.4, 0.5) is 0 Å². The van der Waals surface area contributed by atoms with Crippen LogP contribution in [-0.2, 0) is 5.54 Å². The summed E-state index contributed by atoms with van der Waals surface area (Å²) in [6.07, 6.45) is 0. The Bertz CT molecular complexity index is 607. The molecule has 1 unspecified atom stereocenters. The van der Waals surface area contributed by atoms with Crippen molar-refractivity contribution in [2.75, 3.05) is 26.2 Å². The normalized spacial score (nSPS) is 26.9. The first-order valence-corrected chi connectivity index (χ1v) is 6.68. The first kappa shape index (κ1) is 13.0. The minimum Gasteiger partial charge on any atom is -0.420 e. The van der Waals surface area contributed by atoms with Crippen molar-refractivity contribution in [3.05, 3.63) is 22.7 Å². The van der Waals surface area contributed by atoms with E-state index in [0.29, 0.717) is 11.5 Å². The Morgan fingerprint density at radius 1 is 1.45 bits per heavy atom. The second kappa shape index (κ2) is 4.51. The summed E-state index contributed by atoms with van der Waals surface area (Å²) in [4.78, 5) is 2.26. The number of nitriles is 1. The predicted molar refractivity (Wildman–Crippen MR) is 72.6 cm³/mol. The van der Waals surface area contributed by atoms with Crippen molar-refractivity contribution < 1.29 is 4.74 Å². The molecule has 2 aliphatic rings. The summed E-state index contributed by atoms with van der Waals surface area (Å²) < 4.78 is 5.49. The number of hydrogen-bond donors (Lipinski definition) is 3. The fourth-order valence-corrected chi connectivity index (χ4v) is 3.17. The highest BCUT2D eigenvalue weighted by atomic mass is 16.5. The summed E-state index contributed by atoms with van der Waals surface area (Å²) in [7, 11) is 0. The van der Waals surface area contributed by atoms with Crippen LogP contribution >= 0.6 is 0 Å². The van der Waals surface area contributed by atoms with E-state index in [1.807, 2.05) is 13.8 Å². The second-order valence-corrected chi connectivity index (χ2v) is 5.29. The maximum absolute atomic E-state index is 9.54. The Morgan fingerprint density at radius 2 is 2.15 bits per heavy atom. The number of nitrogens with zero attached hydrogens (tertiary/aromatic N) is 3. The summed E-state index contributed by atoms with van der Waals surface area (Å²) in [6, 6.07) is 2.23. The highest BCUT2D eigenvalue weighted by Gasteiger charge is 2.47. The van der Waals surface area contributed by atoms with Gasteiger partial charge in [0, 0.05) is 31.9 Å². The van der Waals surface area contributed by atoms with Crippen molar-refractivity contribution in [3.8, 4) is 11.9 Å².